The van der Waals surface area contributed by atoms with E-state index in [2.05, 4.69) is 0 Å². The molecule has 4 atom stereocenters. The highest BCUT2D eigenvalue weighted by molar-refractivity contribution is 6.23. The fourth-order valence-corrected chi connectivity index (χ4v) is 5.62. The third kappa shape index (κ3) is 2.74. The van der Waals surface area contributed by atoms with Gasteiger partial charge in [0, 0.05) is 18.5 Å². The highest BCUT2D eigenvalue weighted by Gasteiger charge is 2.72. The van der Waals surface area contributed by atoms with Gasteiger partial charge in [0.1, 0.15) is 11.8 Å². The molecule has 2 aromatic carbocycles. The van der Waals surface area contributed by atoms with Gasteiger partial charge >= 0.3 is 6.16 Å². The largest absolute Gasteiger partial charge is 0.507 e. The van der Waals surface area contributed by atoms with Gasteiger partial charge in [-0.15, -0.1) is 0 Å². The molecule has 3 saturated heterocycles. The van der Waals surface area contributed by atoms with E-state index in [1.54, 1.807) is 54.6 Å². The van der Waals surface area contributed by atoms with Crippen LogP contribution in [0, 0.1) is 17.2 Å². The number of nitrogen functional groups attached to an aromatic ring is 1. The number of amides is 2. The maximum Gasteiger partial charge on any atom is 0.507 e. The van der Waals surface area contributed by atoms with Crippen LogP contribution in [0.2, 0.25) is 0 Å². The monoisotopic (exact) mass is 434 g/mol. The van der Waals surface area contributed by atoms with Crippen LogP contribution in [0.25, 0.3) is 0 Å². The van der Waals surface area contributed by atoms with E-state index in [9.17, 15) is 19.5 Å². The van der Waals surface area contributed by atoms with Crippen LogP contribution in [0.3, 0.4) is 0 Å². The molecule has 0 bridgehead atoms. The molecule has 32 heavy (non-hydrogen) atoms. The Morgan fingerprint density at radius 2 is 1.78 bits per heavy atom. The minimum atomic E-state index is -1.47. The van der Waals surface area contributed by atoms with E-state index in [4.69, 9.17) is 15.9 Å². The number of hydrogen-bond donors (Lipinski definition) is 3. The highest BCUT2D eigenvalue weighted by atomic mass is 16.7. The number of carbonyl (C=O) groups excluding carboxylic acids is 2. The first-order chi connectivity index (χ1) is 15.3. The van der Waals surface area contributed by atoms with Gasteiger partial charge in [0.15, 0.2) is 5.72 Å². The molecular weight excluding hydrogens is 412 g/mol. The Morgan fingerprint density at radius 1 is 1.09 bits per heavy atom. The molecule has 3 aliphatic heterocycles. The summed E-state index contributed by atoms with van der Waals surface area (Å²) in [4.78, 5) is 42.0. The fraction of sp³-hybridized carbons (Fsp3) is 0.304. The quantitative estimate of drug-likeness (QED) is 0.291. The van der Waals surface area contributed by atoms with Gasteiger partial charge in [0.2, 0.25) is 11.8 Å². The molecule has 5 rings (SSSR count). The molecular formula is C23H22N4O5. The predicted octanol–water partition coefficient (Wildman–Crippen LogP) is 2.32. The van der Waals surface area contributed by atoms with Gasteiger partial charge in [-0.1, -0.05) is 42.5 Å². The van der Waals surface area contributed by atoms with Crippen molar-refractivity contribution in [3.8, 4) is 0 Å². The average molecular weight is 434 g/mol. The molecule has 3 aliphatic rings. The van der Waals surface area contributed by atoms with Gasteiger partial charge in [-0.3, -0.25) is 19.9 Å². The second-order valence-corrected chi connectivity index (χ2v) is 8.34. The Balaban J connectivity index is 1.64. The van der Waals surface area contributed by atoms with Crippen LogP contribution >= 0.6 is 0 Å². The molecule has 4 N–H and O–H groups in total. The number of fused-ring (bicyclic) bond motifs is 3. The molecule has 9 heteroatoms. The van der Waals surface area contributed by atoms with Crippen LogP contribution in [0.4, 0.5) is 10.5 Å². The summed E-state index contributed by atoms with van der Waals surface area (Å²) in [5.41, 5.74) is 5.92. The first-order valence-electron chi connectivity index (χ1n) is 10.4. The number of carboxylic acid groups (broad SMARTS) is 1. The van der Waals surface area contributed by atoms with Gasteiger partial charge in [0.05, 0.1) is 17.6 Å². The molecule has 0 radical (unpaired) electrons. The van der Waals surface area contributed by atoms with E-state index in [0.29, 0.717) is 30.6 Å². The van der Waals surface area contributed by atoms with Crippen molar-refractivity contribution in [3.05, 3.63) is 65.7 Å². The molecule has 9 nitrogen and oxygen atoms in total. The number of rotatable bonds is 4. The van der Waals surface area contributed by atoms with Gasteiger partial charge in [-0.05, 0) is 24.1 Å². The molecule has 2 amide bonds. The summed E-state index contributed by atoms with van der Waals surface area (Å²) in [5, 5.41) is 17.1. The normalized spacial score (nSPS) is 29.1. The first kappa shape index (κ1) is 20.2. The van der Waals surface area contributed by atoms with E-state index in [0.717, 1.165) is 10.5 Å². The van der Waals surface area contributed by atoms with Crippen LogP contribution in [-0.4, -0.2) is 46.1 Å². The van der Waals surface area contributed by atoms with Crippen molar-refractivity contribution in [1.29, 1.82) is 5.41 Å². The molecule has 0 aliphatic carbocycles. The summed E-state index contributed by atoms with van der Waals surface area (Å²) in [6.07, 6.45) is -0.489. The van der Waals surface area contributed by atoms with E-state index >= 15 is 0 Å². The Morgan fingerprint density at radius 3 is 2.41 bits per heavy atom. The summed E-state index contributed by atoms with van der Waals surface area (Å²) >= 11 is 0. The third-order valence-electron chi connectivity index (χ3n) is 6.77. The van der Waals surface area contributed by atoms with Gasteiger partial charge in [-0.25, -0.2) is 9.69 Å². The zero-order chi connectivity index (χ0) is 22.6. The minimum Gasteiger partial charge on any atom is -0.450 e. The van der Waals surface area contributed by atoms with Crippen LogP contribution in [0.5, 0.6) is 0 Å². The van der Waals surface area contributed by atoms with E-state index in [1.807, 2.05) is 4.90 Å². The topological polar surface area (TPSA) is 137 Å². The van der Waals surface area contributed by atoms with Gasteiger partial charge < -0.3 is 15.6 Å². The van der Waals surface area contributed by atoms with Crippen LogP contribution in [0.1, 0.15) is 30.0 Å². The maximum absolute atomic E-state index is 13.6. The number of amidine groups is 1. The Bertz CT molecular complexity index is 1120. The smallest absolute Gasteiger partial charge is 0.450 e. The van der Waals surface area contributed by atoms with Crippen molar-refractivity contribution in [1.82, 2.24) is 4.90 Å². The van der Waals surface area contributed by atoms with Crippen LogP contribution in [-0.2, 0) is 14.3 Å². The molecule has 3 heterocycles. The lowest BCUT2D eigenvalue weighted by Crippen LogP contribution is -2.51. The standard InChI is InChI=1S/C23H22N4O5/c24-19(25)14-9-7-13(8-10-14)18-16-17(23(32-22(30)31)11-4-12-26(18)23)21(29)27(20(16)28)15-5-2-1-3-6-15/h1-3,5-10,16-18H,4,11-12H2,(H3,24,25)(H,30,31). The fourth-order valence-electron chi connectivity index (χ4n) is 5.62. The van der Waals surface area contributed by atoms with Crippen LogP contribution < -0.4 is 10.6 Å². The Labute approximate surface area is 183 Å². The van der Waals surface area contributed by atoms with Crippen molar-refractivity contribution >= 4 is 29.5 Å². The predicted molar refractivity (Wildman–Crippen MR) is 114 cm³/mol. The van der Waals surface area contributed by atoms with Crippen molar-refractivity contribution in [2.75, 3.05) is 11.4 Å². The lowest BCUT2D eigenvalue weighted by Gasteiger charge is -2.36. The second kappa shape index (κ2) is 7.16. The van der Waals surface area contributed by atoms with E-state index in [-0.39, 0.29) is 11.7 Å². The molecule has 0 aromatic heterocycles. The lowest BCUT2D eigenvalue weighted by molar-refractivity contribution is -0.143. The summed E-state index contributed by atoms with van der Waals surface area (Å²) in [6.45, 7) is 0.505. The average Bonchev–Trinajstić information content (AvgIpc) is 3.36. The molecule has 0 spiro atoms. The van der Waals surface area contributed by atoms with Crippen molar-refractivity contribution in [3.63, 3.8) is 0 Å². The minimum absolute atomic E-state index is 0.0760. The third-order valence-corrected chi connectivity index (χ3v) is 6.77. The number of anilines is 1. The number of carbonyl (C=O) groups is 3. The maximum atomic E-state index is 13.6. The zero-order valence-corrected chi connectivity index (χ0v) is 17.1. The summed E-state index contributed by atoms with van der Waals surface area (Å²) in [6, 6.07) is 15.0. The molecule has 3 fully saturated rings. The summed E-state index contributed by atoms with van der Waals surface area (Å²) < 4.78 is 5.44. The number of ether oxygens (including phenoxy) is 1. The Hall–Kier alpha value is -3.72. The zero-order valence-electron chi connectivity index (χ0n) is 17.1. The van der Waals surface area contributed by atoms with Crippen molar-refractivity contribution < 1.29 is 24.2 Å². The number of benzene rings is 2. The Kier molecular flexibility index (Phi) is 4.52. The highest BCUT2D eigenvalue weighted by Crippen LogP contribution is 2.59. The second-order valence-electron chi connectivity index (χ2n) is 8.34. The number of para-hydroxylation sites is 1. The SMILES string of the molecule is N=C(N)c1ccc(C2C3C(=O)N(c4ccccc4)C(=O)C3C3(OC(=O)O)CCCN23)cc1. The number of nitrogens with two attached hydrogens (primary N) is 1. The van der Waals surface area contributed by atoms with E-state index in [1.165, 1.54) is 0 Å². The number of imide groups is 1. The van der Waals surface area contributed by atoms with Crippen LogP contribution in [0.15, 0.2) is 54.6 Å². The molecule has 164 valence electrons. The van der Waals surface area contributed by atoms with Crippen molar-refractivity contribution in [2.45, 2.75) is 24.6 Å². The molecule has 0 saturated carbocycles. The van der Waals surface area contributed by atoms with Gasteiger partial charge in [-0.2, -0.15) is 0 Å². The van der Waals surface area contributed by atoms with Gasteiger partial charge in [0.25, 0.3) is 0 Å². The molecule has 4 unspecified atom stereocenters. The summed E-state index contributed by atoms with van der Waals surface area (Å²) in [5.74, 6) is -2.61. The lowest BCUT2D eigenvalue weighted by atomic mass is 9.83. The number of hydrogen-bond acceptors (Lipinski definition) is 6. The van der Waals surface area contributed by atoms with Crippen molar-refractivity contribution in [2.24, 2.45) is 17.6 Å². The first-order valence-corrected chi connectivity index (χ1v) is 10.4. The number of nitrogens with zero attached hydrogens (tertiary/aromatic N) is 2. The molecule has 2 aromatic rings. The number of nitrogens with one attached hydrogen (secondary N) is 1. The van der Waals surface area contributed by atoms with E-state index < -0.39 is 35.7 Å². The summed E-state index contributed by atoms with van der Waals surface area (Å²) in [7, 11) is 0.